The van der Waals surface area contributed by atoms with Crippen LogP contribution < -0.4 is 10.1 Å². The highest BCUT2D eigenvalue weighted by Crippen LogP contribution is 2.16. The molecular formula is C15H18N2O3. The van der Waals surface area contributed by atoms with Crippen molar-refractivity contribution in [2.75, 3.05) is 12.4 Å². The van der Waals surface area contributed by atoms with E-state index in [9.17, 15) is 9.90 Å². The standard InChI is InChI=1S/C15H18N2O3/c1-11(18)14-4-3-9-17(14)10-15(19)16-12-5-7-13(20-2)8-6-12/h3-9,11,18H,10H2,1-2H3,(H,16,19). The summed E-state index contributed by atoms with van der Waals surface area (Å²) in [6.45, 7) is 1.84. The number of aromatic nitrogens is 1. The quantitative estimate of drug-likeness (QED) is 0.878. The summed E-state index contributed by atoms with van der Waals surface area (Å²) in [6.07, 6.45) is 1.18. The maximum absolute atomic E-state index is 12.0. The van der Waals surface area contributed by atoms with E-state index in [1.54, 1.807) is 55.1 Å². The van der Waals surface area contributed by atoms with E-state index >= 15 is 0 Å². The van der Waals surface area contributed by atoms with E-state index in [4.69, 9.17) is 4.74 Å². The van der Waals surface area contributed by atoms with Gasteiger partial charge in [0.2, 0.25) is 5.91 Å². The van der Waals surface area contributed by atoms with E-state index in [1.807, 2.05) is 6.07 Å². The summed E-state index contributed by atoms with van der Waals surface area (Å²) in [4.78, 5) is 12.0. The molecule has 0 aliphatic rings. The fraction of sp³-hybridized carbons (Fsp3) is 0.267. The van der Waals surface area contributed by atoms with Crippen molar-refractivity contribution in [2.24, 2.45) is 0 Å². The number of benzene rings is 1. The molecule has 1 amide bonds. The number of aliphatic hydroxyl groups is 1. The molecule has 20 heavy (non-hydrogen) atoms. The zero-order valence-corrected chi connectivity index (χ0v) is 11.5. The van der Waals surface area contributed by atoms with Gasteiger partial charge in [0.05, 0.1) is 13.2 Å². The summed E-state index contributed by atoms with van der Waals surface area (Å²) >= 11 is 0. The molecule has 0 saturated carbocycles. The van der Waals surface area contributed by atoms with Gasteiger partial charge in [-0.2, -0.15) is 0 Å². The fourth-order valence-corrected chi connectivity index (χ4v) is 1.98. The van der Waals surface area contributed by atoms with E-state index in [-0.39, 0.29) is 12.5 Å². The van der Waals surface area contributed by atoms with Crippen molar-refractivity contribution in [3.8, 4) is 5.75 Å². The Kier molecular flexibility index (Phi) is 4.42. The van der Waals surface area contributed by atoms with Gasteiger partial charge in [0.1, 0.15) is 12.3 Å². The summed E-state index contributed by atoms with van der Waals surface area (Å²) in [5.41, 5.74) is 1.43. The summed E-state index contributed by atoms with van der Waals surface area (Å²) in [6, 6.07) is 10.7. The van der Waals surface area contributed by atoms with Crippen LogP contribution in [0.4, 0.5) is 5.69 Å². The molecule has 2 rings (SSSR count). The van der Waals surface area contributed by atoms with E-state index in [0.717, 1.165) is 11.4 Å². The zero-order valence-electron chi connectivity index (χ0n) is 11.5. The van der Waals surface area contributed by atoms with Gasteiger partial charge in [-0.1, -0.05) is 0 Å². The molecule has 1 aromatic heterocycles. The Balaban J connectivity index is 1.99. The lowest BCUT2D eigenvalue weighted by Gasteiger charge is -2.11. The topological polar surface area (TPSA) is 63.5 Å². The molecule has 1 heterocycles. The minimum atomic E-state index is -0.598. The molecular weight excluding hydrogens is 256 g/mol. The molecule has 0 saturated heterocycles. The van der Waals surface area contributed by atoms with Gasteiger partial charge in [-0.25, -0.2) is 0 Å². The molecule has 0 radical (unpaired) electrons. The van der Waals surface area contributed by atoms with Crippen molar-refractivity contribution in [1.82, 2.24) is 4.57 Å². The number of anilines is 1. The van der Waals surface area contributed by atoms with Gasteiger partial charge in [0.25, 0.3) is 0 Å². The minimum Gasteiger partial charge on any atom is -0.497 e. The van der Waals surface area contributed by atoms with Crippen molar-refractivity contribution >= 4 is 11.6 Å². The number of rotatable bonds is 5. The van der Waals surface area contributed by atoms with Gasteiger partial charge in [-0.3, -0.25) is 4.79 Å². The smallest absolute Gasteiger partial charge is 0.244 e. The molecule has 0 fully saturated rings. The van der Waals surface area contributed by atoms with Crippen LogP contribution in [-0.2, 0) is 11.3 Å². The first-order chi connectivity index (χ1) is 9.60. The highest BCUT2D eigenvalue weighted by atomic mass is 16.5. The number of carbonyl (C=O) groups excluding carboxylic acids is 1. The lowest BCUT2D eigenvalue weighted by Crippen LogP contribution is -2.20. The molecule has 1 atom stereocenters. The van der Waals surface area contributed by atoms with Crippen LogP contribution >= 0.6 is 0 Å². The van der Waals surface area contributed by atoms with Crippen molar-refractivity contribution < 1.29 is 14.6 Å². The lowest BCUT2D eigenvalue weighted by molar-refractivity contribution is -0.116. The molecule has 5 nitrogen and oxygen atoms in total. The van der Waals surface area contributed by atoms with E-state index < -0.39 is 6.10 Å². The number of methoxy groups -OCH3 is 1. The second-order valence-corrected chi connectivity index (χ2v) is 4.51. The summed E-state index contributed by atoms with van der Waals surface area (Å²) in [7, 11) is 1.59. The second kappa shape index (κ2) is 6.25. The van der Waals surface area contributed by atoms with Crippen LogP contribution in [-0.4, -0.2) is 22.7 Å². The Morgan fingerprint density at radius 3 is 2.65 bits per heavy atom. The average Bonchev–Trinajstić information content (AvgIpc) is 2.87. The van der Waals surface area contributed by atoms with Crippen LogP contribution in [0.3, 0.4) is 0 Å². The van der Waals surface area contributed by atoms with Crippen LogP contribution in [0.5, 0.6) is 5.75 Å². The fourth-order valence-electron chi connectivity index (χ4n) is 1.98. The van der Waals surface area contributed by atoms with Gasteiger partial charge in [0.15, 0.2) is 0 Å². The van der Waals surface area contributed by atoms with Gasteiger partial charge in [0, 0.05) is 17.6 Å². The highest BCUT2D eigenvalue weighted by molar-refractivity contribution is 5.90. The first kappa shape index (κ1) is 14.1. The number of amides is 1. The average molecular weight is 274 g/mol. The van der Waals surface area contributed by atoms with Gasteiger partial charge >= 0.3 is 0 Å². The number of aliphatic hydroxyl groups excluding tert-OH is 1. The van der Waals surface area contributed by atoms with Crippen LogP contribution in [0, 0.1) is 0 Å². The van der Waals surface area contributed by atoms with Crippen LogP contribution in [0.1, 0.15) is 18.7 Å². The Hall–Kier alpha value is -2.27. The maximum atomic E-state index is 12.0. The van der Waals surface area contributed by atoms with Gasteiger partial charge < -0.3 is 19.7 Å². The zero-order chi connectivity index (χ0) is 14.5. The lowest BCUT2D eigenvalue weighted by atomic mass is 10.3. The summed E-state index contributed by atoms with van der Waals surface area (Å²) < 4.78 is 6.78. The van der Waals surface area contributed by atoms with Crippen molar-refractivity contribution in [2.45, 2.75) is 19.6 Å². The third kappa shape index (κ3) is 3.39. The van der Waals surface area contributed by atoms with E-state index in [0.29, 0.717) is 5.69 Å². The molecule has 2 aromatic rings. The maximum Gasteiger partial charge on any atom is 0.244 e. The normalized spacial score (nSPS) is 11.9. The number of hydrogen-bond acceptors (Lipinski definition) is 3. The number of hydrogen-bond donors (Lipinski definition) is 2. The van der Waals surface area contributed by atoms with Crippen molar-refractivity contribution in [3.05, 3.63) is 48.3 Å². The van der Waals surface area contributed by atoms with E-state index in [2.05, 4.69) is 5.32 Å². The van der Waals surface area contributed by atoms with Gasteiger partial charge in [-0.05, 0) is 43.3 Å². The van der Waals surface area contributed by atoms with Crippen LogP contribution in [0.2, 0.25) is 0 Å². The molecule has 0 aliphatic carbocycles. The molecule has 106 valence electrons. The predicted molar refractivity (Wildman–Crippen MR) is 76.7 cm³/mol. The number of carbonyl (C=O) groups is 1. The van der Waals surface area contributed by atoms with E-state index in [1.165, 1.54) is 0 Å². The highest BCUT2D eigenvalue weighted by Gasteiger charge is 2.10. The van der Waals surface area contributed by atoms with Crippen LogP contribution in [0.15, 0.2) is 42.6 Å². The summed E-state index contributed by atoms with van der Waals surface area (Å²) in [5.74, 6) is 0.595. The third-order valence-electron chi connectivity index (χ3n) is 2.98. The molecule has 1 aromatic carbocycles. The Labute approximate surface area is 117 Å². The molecule has 5 heteroatoms. The minimum absolute atomic E-state index is 0.145. The third-order valence-corrected chi connectivity index (χ3v) is 2.98. The molecule has 0 spiro atoms. The largest absolute Gasteiger partial charge is 0.497 e. The molecule has 0 aliphatic heterocycles. The van der Waals surface area contributed by atoms with Crippen molar-refractivity contribution in [1.29, 1.82) is 0 Å². The number of nitrogens with one attached hydrogen (secondary N) is 1. The Morgan fingerprint density at radius 1 is 1.35 bits per heavy atom. The van der Waals surface area contributed by atoms with Gasteiger partial charge in [-0.15, -0.1) is 0 Å². The molecule has 0 bridgehead atoms. The molecule has 1 unspecified atom stereocenters. The second-order valence-electron chi connectivity index (χ2n) is 4.51. The monoisotopic (exact) mass is 274 g/mol. The number of nitrogens with zero attached hydrogens (tertiary/aromatic N) is 1. The predicted octanol–water partition coefficient (Wildman–Crippen LogP) is 2.19. The van der Waals surface area contributed by atoms with Crippen LogP contribution in [0.25, 0.3) is 0 Å². The Morgan fingerprint density at radius 2 is 2.05 bits per heavy atom. The molecule has 2 N–H and O–H groups in total. The van der Waals surface area contributed by atoms with Crippen molar-refractivity contribution in [3.63, 3.8) is 0 Å². The first-order valence-electron chi connectivity index (χ1n) is 6.37. The number of ether oxygens (including phenoxy) is 1. The Bertz CT molecular complexity index is 573. The first-order valence-corrected chi connectivity index (χ1v) is 6.37. The summed E-state index contributed by atoms with van der Waals surface area (Å²) in [5, 5.41) is 12.4. The SMILES string of the molecule is COc1ccc(NC(=O)Cn2cccc2C(C)O)cc1.